The summed E-state index contributed by atoms with van der Waals surface area (Å²) >= 11 is 0. The number of benzene rings is 3. The molecule has 5 rings (SSSR count). The number of hydrogen-bond acceptors (Lipinski definition) is 5. The van der Waals surface area contributed by atoms with E-state index in [4.69, 9.17) is 9.84 Å². The minimum absolute atomic E-state index is 0.00637. The molecule has 3 aromatic rings. The van der Waals surface area contributed by atoms with Crippen LogP contribution in [0.3, 0.4) is 0 Å². The Kier molecular flexibility index (Phi) is 7.37. The molecule has 0 unspecified atom stereocenters. The third-order valence-electron chi connectivity index (χ3n) is 7.05. The Morgan fingerprint density at radius 2 is 1.82 bits per heavy atom. The summed E-state index contributed by atoms with van der Waals surface area (Å²) in [5, 5.41) is 16.5. The Bertz CT molecular complexity index is 1450. The molecule has 2 atom stereocenters. The van der Waals surface area contributed by atoms with E-state index in [0.717, 1.165) is 5.56 Å². The quantitative estimate of drug-likeness (QED) is 0.363. The van der Waals surface area contributed by atoms with Crippen LogP contribution in [0.25, 0.3) is 0 Å². The lowest BCUT2D eigenvalue weighted by Gasteiger charge is -2.45. The summed E-state index contributed by atoms with van der Waals surface area (Å²) in [6.45, 7) is 0.374. The molecule has 3 aromatic carbocycles. The molecule has 10 nitrogen and oxygen atoms in total. The van der Waals surface area contributed by atoms with E-state index in [-0.39, 0.29) is 24.4 Å². The number of hydrogen-bond donors (Lipinski definition) is 4. The van der Waals surface area contributed by atoms with Gasteiger partial charge in [-0.05, 0) is 60.9 Å². The smallest absolute Gasteiger partial charge is 0.412 e. The zero-order chi connectivity index (χ0) is 28.3. The number of carbonyl (C=O) groups is 4. The van der Waals surface area contributed by atoms with Crippen LogP contribution in [-0.4, -0.2) is 53.1 Å². The number of fused-ring (bicyclic) bond motifs is 2. The largest absolute Gasteiger partial charge is 0.465 e. The molecule has 1 saturated heterocycles. The number of halogens is 1. The molecule has 11 heteroatoms. The van der Waals surface area contributed by atoms with Crippen LogP contribution < -0.4 is 16.0 Å². The highest BCUT2D eigenvalue weighted by atomic mass is 19.1. The van der Waals surface area contributed by atoms with E-state index in [1.807, 2.05) is 30.3 Å². The second-order valence-electron chi connectivity index (χ2n) is 9.79. The molecule has 2 heterocycles. The van der Waals surface area contributed by atoms with Crippen LogP contribution in [0.5, 0.6) is 0 Å². The fraction of sp³-hybridized carbons (Fsp3) is 0.241. The van der Waals surface area contributed by atoms with Crippen LogP contribution >= 0.6 is 0 Å². The summed E-state index contributed by atoms with van der Waals surface area (Å²) in [4.78, 5) is 51.9. The van der Waals surface area contributed by atoms with Gasteiger partial charge >= 0.3 is 12.2 Å². The van der Waals surface area contributed by atoms with Crippen LogP contribution in [0.1, 0.15) is 34.3 Å². The number of nitrogens with one attached hydrogen (secondary N) is 3. The van der Waals surface area contributed by atoms with Gasteiger partial charge in [-0.2, -0.15) is 0 Å². The maximum atomic E-state index is 14.2. The molecular weight excluding hydrogens is 519 g/mol. The minimum Gasteiger partial charge on any atom is -0.465 e. The van der Waals surface area contributed by atoms with Crippen molar-refractivity contribution >= 4 is 35.4 Å². The first-order valence-corrected chi connectivity index (χ1v) is 12.8. The number of carboxylic acid groups (broad SMARTS) is 1. The molecule has 0 saturated carbocycles. The fourth-order valence-electron chi connectivity index (χ4n) is 5.22. The van der Waals surface area contributed by atoms with Crippen LogP contribution in [0, 0.1) is 5.82 Å². The Hall–Kier alpha value is -4.93. The highest BCUT2D eigenvalue weighted by Gasteiger charge is 2.47. The lowest BCUT2D eigenvalue weighted by atomic mass is 9.83. The molecule has 0 aromatic heterocycles. The van der Waals surface area contributed by atoms with E-state index in [0.29, 0.717) is 36.3 Å². The fourth-order valence-corrected chi connectivity index (χ4v) is 5.22. The van der Waals surface area contributed by atoms with Crippen LogP contribution in [0.4, 0.5) is 25.4 Å². The summed E-state index contributed by atoms with van der Waals surface area (Å²) in [7, 11) is 0. The number of amides is 4. The van der Waals surface area contributed by atoms with E-state index in [2.05, 4.69) is 16.0 Å². The van der Waals surface area contributed by atoms with Crippen LogP contribution in [0.15, 0.2) is 72.8 Å². The van der Waals surface area contributed by atoms with Crippen molar-refractivity contribution in [2.45, 2.75) is 30.9 Å². The Morgan fingerprint density at radius 3 is 2.55 bits per heavy atom. The van der Waals surface area contributed by atoms with Crippen molar-refractivity contribution in [1.29, 1.82) is 0 Å². The molecule has 2 aliphatic heterocycles. The summed E-state index contributed by atoms with van der Waals surface area (Å²) in [6, 6.07) is 18.1. The van der Waals surface area contributed by atoms with Gasteiger partial charge in [0.15, 0.2) is 5.60 Å². The number of carbonyl (C=O) groups excluding carboxylic acids is 3. The first-order valence-electron chi connectivity index (χ1n) is 12.8. The summed E-state index contributed by atoms with van der Waals surface area (Å²) in [5.74, 6) is -1.36. The number of piperidine rings is 1. The van der Waals surface area contributed by atoms with Crippen molar-refractivity contribution in [3.8, 4) is 0 Å². The molecule has 4 N–H and O–H groups in total. The molecule has 2 aliphatic rings. The van der Waals surface area contributed by atoms with Gasteiger partial charge < -0.3 is 20.1 Å². The van der Waals surface area contributed by atoms with E-state index in [9.17, 15) is 23.6 Å². The Balaban J connectivity index is 1.40. The topological polar surface area (TPSA) is 137 Å². The van der Waals surface area contributed by atoms with Gasteiger partial charge in [0.25, 0.3) is 5.91 Å². The standard InChI is InChI=1S/C29H27FN4O6/c30-20-9-12-23-22(16-20)29(40-28(39)33-23)13-4-14-34(17-29)26(36)24(15-18-5-2-1-3-6-18)32-25(35)19-7-10-21(11-8-19)31-27(37)38/h1-3,5-12,16,24,31H,4,13-15,17H2,(H,32,35)(H,33,39)(H,37,38)/t24-,29+/m0/s1. The SMILES string of the molecule is O=C(O)Nc1ccc(C(=O)N[C@@H](Cc2ccccc2)C(=O)N2CCC[C@]3(C2)OC(=O)Nc2ccc(F)cc23)cc1. The average Bonchev–Trinajstić information content (AvgIpc) is 2.93. The van der Waals surface area contributed by atoms with Crippen LogP contribution in [0.2, 0.25) is 0 Å². The van der Waals surface area contributed by atoms with E-state index in [1.54, 1.807) is 4.90 Å². The normalized spacial score (nSPS) is 18.6. The Morgan fingerprint density at radius 1 is 1.07 bits per heavy atom. The van der Waals surface area contributed by atoms with Gasteiger partial charge in [0.05, 0.1) is 12.2 Å². The van der Waals surface area contributed by atoms with Crippen molar-refractivity contribution < 1.29 is 33.4 Å². The Labute approximate surface area is 229 Å². The van der Waals surface area contributed by atoms with Gasteiger partial charge in [-0.3, -0.25) is 20.2 Å². The third kappa shape index (κ3) is 5.73. The molecule has 206 valence electrons. The van der Waals surface area contributed by atoms with Gasteiger partial charge in [0, 0.05) is 29.8 Å². The number of likely N-dealkylation sites (tertiary alicyclic amines) is 1. The average molecular weight is 547 g/mol. The summed E-state index contributed by atoms with van der Waals surface area (Å²) in [5.41, 5.74) is 1.04. The molecule has 4 amide bonds. The van der Waals surface area contributed by atoms with Crippen molar-refractivity contribution in [3.63, 3.8) is 0 Å². The molecule has 40 heavy (non-hydrogen) atoms. The molecule has 0 bridgehead atoms. The van der Waals surface area contributed by atoms with Gasteiger partial charge in [-0.15, -0.1) is 0 Å². The zero-order valence-corrected chi connectivity index (χ0v) is 21.4. The summed E-state index contributed by atoms with van der Waals surface area (Å²) in [6.07, 6.45) is -0.787. The van der Waals surface area contributed by atoms with E-state index < -0.39 is 35.6 Å². The maximum Gasteiger partial charge on any atom is 0.412 e. The van der Waals surface area contributed by atoms with Crippen LogP contribution in [-0.2, 0) is 21.6 Å². The molecule has 1 fully saturated rings. The highest BCUT2D eigenvalue weighted by molar-refractivity contribution is 5.98. The first-order chi connectivity index (χ1) is 19.2. The van der Waals surface area contributed by atoms with Crippen molar-refractivity contribution in [1.82, 2.24) is 10.2 Å². The van der Waals surface area contributed by atoms with Crippen molar-refractivity contribution in [3.05, 3.63) is 95.3 Å². The number of rotatable bonds is 6. The van der Waals surface area contributed by atoms with Gasteiger partial charge in [0.2, 0.25) is 5.91 Å². The zero-order valence-electron chi connectivity index (χ0n) is 21.4. The third-order valence-corrected chi connectivity index (χ3v) is 7.05. The van der Waals surface area contributed by atoms with E-state index >= 15 is 0 Å². The minimum atomic E-state index is -1.23. The second-order valence-corrected chi connectivity index (χ2v) is 9.79. The lowest BCUT2D eigenvalue weighted by Crippen LogP contribution is -2.57. The predicted octanol–water partition coefficient (Wildman–Crippen LogP) is 4.34. The van der Waals surface area contributed by atoms with E-state index in [1.165, 1.54) is 42.5 Å². The molecular formula is C29H27FN4O6. The number of ether oxygens (including phenoxy) is 1. The maximum absolute atomic E-state index is 14.2. The number of nitrogens with zero attached hydrogens (tertiary/aromatic N) is 1. The predicted molar refractivity (Wildman–Crippen MR) is 143 cm³/mol. The lowest BCUT2D eigenvalue weighted by molar-refractivity contribution is -0.141. The van der Waals surface area contributed by atoms with Gasteiger partial charge in [0.1, 0.15) is 11.9 Å². The highest BCUT2D eigenvalue weighted by Crippen LogP contribution is 2.42. The number of anilines is 2. The first kappa shape index (κ1) is 26.7. The van der Waals surface area contributed by atoms with Gasteiger partial charge in [-0.1, -0.05) is 30.3 Å². The van der Waals surface area contributed by atoms with Crippen molar-refractivity contribution in [2.24, 2.45) is 0 Å². The molecule has 0 radical (unpaired) electrons. The molecule has 0 aliphatic carbocycles. The second kappa shape index (κ2) is 11.0. The van der Waals surface area contributed by atoms with Gasteiger partial charge in [-0.25, -0.2) is 14.0 Å². The molecule has 1 spiro atoms. The summed E-state index contributed by atoms with van der Waals surface area (Å²) < 4.78 is 19.9. The van der Waals surface area contributed by atoms with Crippen molar-refractivity contribution in [2.75, 3.05) is 23.7 Å². The monoisotopic (exact) mass is 546 g/mol.